The minimum atomic E-state index is -0.278. The summed E-state index contributed by atoms with van der Waals surface area (Å²) in [7, 11) is 0. The van der Waals surface area contributed by atoms with Crippen molar-refractivity contribution in [2.45, 2.75) is 0 Å². The van der Waals surface area contributed by atoms with Crippen LogP contribution < -0.4 is 10.7 Å². The first-order valence-corrected chi connectivity index (χ1v) is 6.30. The van der Waals surface area contributed by atoms with Gasteiger partial charge in [0, 0.05) is 12.3 Å². The number of anilines is 1. The third-order valence-corrected chi connectivity index (χ3v) is 2.93. The van der Waals surface area contributed by atoms with Crippen LogP contribution in [0, 0.1) is 22.7 Å². The van der Waals surface area contributed by atoms with E-state index in [0.717, 1.165) is 0 Å². The SMILES string of the molecule is N#CC(C#N)=CNc1cccc2c(=O)cc(-c3nn[nH]n3)oc12. The van der Waals surface area contributed by atoms with Crippen molar-refractivity contribution in [1.29, 1.82) is 10.5 Å². The molecule has 0 aliphatic rings. The van der Waals surface area contributed by atoms with E-state index < -0.39 is 0 Å². The van der Waals surface area contributed by atoms with Crippen LogP contribution in [0.15, 0.2) is 45.3 Å². The summed E-state index contributed by atoms with van der Waals surface area (Å²) < 4.78 is 5.68. The van der Waals surface area contributed by atoms with Gasteiger partial charge in [-0.05, 0) is 17.3 Å². The lowest BCUT2D eigenvalue weighted by atomic mass is 10.2. The Morgan fingerprint density at radius 1 is 1.35 bits per heavy atom. The van der Waals surface area contributed by atoms with Gasteiger partial charge in [0.2, 0.25) is 5.82 Å². The van der Waals surface area contributed by atoms with Gasteiger partial charge in [-0.2, -0.15) is 15.7 Å². The zero-order chi connectivity index (χ0) is 16.2. The summed E-state index contributed by atoms with van der Waals surface area (Å²) >= 11 is 0. The molecule has 0 spiro atoms. The van der Waals surface area contributed by atoms with Crippen molar-refractivity contribution in [1.82, 2.24) is 20.6 Å². The molecule has 0 radical (unpaired) electrons. The van der Waals surface area contributed by atoms with Crippen molar-refractivity contribution in [3.63, 3.8) is 0 Å². The molecule has 3 aromatic rings. The summed E-state index contributed by atoms with van der Waals surface area (Å²) in [5.74, 6) is 0.291. The predicted octanol–water partition coefficient (Wildman–Crippen LogP) is 1.32. The van der Waals surface area contributed by atoms with Crippen LogP contribution in [0.1, 0.15) is 0 Å². The highest BCUT2D eigenvalue weighted by atomic mass is 16.3. The maximum absolute atomic E-state index is 12.2. The molecule has 110 valence electrons. The van der Waals surface area contributed by atoms with Gasteiger partial charge < -0.3 is 9.73 Å². The summed E-state index contributed by atoms with van der Waals surface area (Å²) in [4.78, 5) is 12.2. The molecule has 0 saturated carbocycles. The molecule has 0 amide bonds. The van der Waals surface area contributed by atoms with Gasteiger partial charge in [0.05, 0.1) is 11.1 Å². The summed E-state index contributed by atoms with van der Waals surface area (Å²) in [6.07, 6.45) is 1.23. The molecule has 9 heteroatoms. The van der Waals surface area contributed by atoms with Gasteiger partial charge >= 0.3 is 0 Å². The number of nitrogens with zero attached hydrogens (tertiary/aromatic N) is 5. The van der Waals surface area contributed by atoms with Crippen molar-refractivity contribution in [3.05, 3.63) is 46.3 Å². The van der Waals surface area contributed by atoms with Crippen LogP contribution in [0.2, 0.25) is 0 Å². The number of allylic oxidation sites excluding steroid dienone is 1. The van der Waals surface area contributed by atoms with Crippen molar-refractivity contribution in [3.8, 4) is 23.7 Å². The Kier molecular flexibility index (Phi) is 3.52. The van der Waals surface area contributed by atoms with Crippen LogP contribution in [0.4, 0.5) is 5.69 Å². The van der Waals surface area contributed by atoms with Gasteiger partial charge in [0.1, 0.15) is 17.7 Å². The topological polar surface area (TPSA) is 144 Å². The maximum atomic E-state index is 12.2. The zero-order valence-corrected chi connectivity index (χ0v) is 11.4. The fourth-order valence-electron chi connectivity index (χ4n) is 1.91. The molecule has 0 atom stereocenters. The second kappa shape index (κ2) is 5.79. The number of rotatable bonds is 3. The molecule has 0 aliphatic heterocycles. The molecular weight excluding hydrogens is 298 g/mol. The van der Waals surface area contributed by atoms with Crippen LogP contribution in [-0.4, -0.2) is 20.6 Å². The second-order valence-electron chi connectivity index (χ2n) is 4.32. The standard InChI is InChI=1S/C14H7N7O2/c15-5-8(6-16)7-17-10-3-1-2-9-11(22)4-12(23-13(9)10)14-18-20-21-19-14/h1-4,7,17H,(H,18,19,20,21). The number of aromatic amines is 1. The largest absolute Gasteiger partial charge is 0.450 e. The number of aromatic nitrogens is 4. The minimum Gasteiger partial charge on any atom is -0.450 e. The van der Waals surface area contributed by atoms with E-state index in [2.05, 4.69) is 25.9 Å². The van der Waals surface area contributed by atoms with Crippen molar-refractivity contribution in [2.75, 3.05) is 5.32 Å². The van der Waals surface area contributed by atoms with E-state index in [0.29, 0.717) is 11.1 Å². The molecule has 0 bridgehead atoms. The Morgan fingerprint density at radius 2 is 2.17 bits per heavy atom. The average molecular weight is 305 g/mol. The minimum absolute atomic E-state index is 0.112. The third kappa shape index (κ3) is 2.62. The van der Waals surface area contributed by atoms with Crippen molar-refractivity contribution < 1.29 is 4.42 Å². The summed E-state index contributed by atoms with van der Waals surface area (Å²) in [5.41, 5.74) is 0.289. The number of para-hydroxylation sites is 1. The highest BCUT2D eigenvalue weighted by Gasteiger charge is 2.12. The molecule has 0 aliphatic carbocycles. The van der Waals surface area contributed by atoms with E-state index in [1.54, 1.807) is 30.3 Å². The Bertz CT molecular complexity index is 1020. The third-order valence-electron chi connectivity index (χ3n) is 2.93. The number of nitrogens with one attached hydrogen (secondary N) is 2. The van der Waals surface area contributed by atoms with Crippen LogP contribution in [0.3, 0.4) is 0 Å². The molecule has 2 heterocycles. The smallest absolute Gasteiger partial charge is 0.239 e. The normalized spacial score (nSPS) is 9.83. The van der Waals surface area contributed by atoms with Gasteiger partial charge in [-0.15, -0.1) is 10.2 Å². The summed E-state index contributed by atoms with van der Waals surface area (Å²) in [6, 6.07) is 9.63. The van der Waals surface area contributed by atoms with E-state index in [4.69, 9.17) is 14.9 Å². The quantitative estimate of drug-likeness (QED) is 0.689. The molecule has 9 nitrogen and oxygen atoms in total. The lowest BCUT2D eigenvalue weighted by Gasteiger charge is -2.05. The molecule has 3 rings (SSSR count). The van der Waals surface area contributed by atoms with Gasteiger partial charge in [-0.3, -0.25) is 4.79 Å². The Morgan fingerprint density at radius 3 is 2.87 bits per heavy atom. The lowest BCUT2D eigenvalue weighted by molar-refractivity contribution is 0.614. The number of hydrogen-bond donors (Lipinski definition) is 2. The number of benzene rings is 1. The van der Waals surface area contributed by atoms with E-state index in [9.17, 15) is 4.79 Å². The van der Waals surface area contributed by atoms with Crippen LogP contribution >= 0.6 is 0 Å². The number of fused-ring (bicyclic) bond motifs is 1. The number of H-pyrrole nitrogens is 1. The highest BCUT2D eigenvalue weighted by Crippen LogP contribution is 2.25. The lowest BCUT2D eigenvalue weighted by Crippen LogP contribution is -2.02. The molecule has 0 saturated heterocycles. The van der Waals surface area contributed by atoms with E-state index in [1.807, 2.05) is 0 Å². The first kappa shape index (κ1) is 14.0. The molecule has 2 aromatic heterocycles. The van der Waals surface area contributed by atoms with E-state index in [-0.39, 0.29) is 28.2 Å². The Labute approximate surface area is 128 Å². The molecule has 0 unspecified atom stereocenters. The van der Waals surface area contributed by atoms with Gasteiger partial charge in [-0.25, -0.2) is 0 Å². The molecular formula is C14H7N7O2. The Hall–Kier alpha value is -3.98. The molecule has 2 N–H and O–H groups in total. The van der Waals surface area contributed by atoms with E-state index >= 15 is 0 Å². The first-order valence-electron chi connectivity index (χ1n) is 6.30. The second-order valence-corrected chi connectivity index (χ2v) is 4.32. The Balaban J connectivity index is 2.16. The van der Waals surface area contributed by atoms with Crippen LogP contribution in [0.25, 0.3) is 22.6 Å². The number of tetrazole rings is 1. The van der Waals surface area contributed by atoms with Gasteiger partial charge in [-0.1, -0.05) is 6.07 Å². The first-order chi connectivity index (χ1) is 11.2. The van der Waals surface area contributed by atoms with Crippen LogP contribution in [-0.2, 0) is 0 Å². The van der Waals surface area contributed by atoms with Gasteiger partial charge in [0.15, 0.2) is 16.8 Å². The highest BCUT2D eigenvalue weighted by molar-refractivity contribution is 5.89. The molecule has 23 heavy (non-hydrogen) atoms. The average Bonchev–Trinajstić information content (AvgIpc) is 3.10. The fraction of sp³-hybridized carbons (Fsp3) is 0. The zero-order valence-electron chi connectivity index (χ0n) is 11.4. The maximum Gasteiger partial charge on any atom is 0.239 e. The van der Waals surface area contributed by atoms with Gasteiger partial charge in [0.25, 0.3) is 0 Å². The summed E-state index contributed by atoms with van der Waals surface area (Å²) in [5, 5.41) is 33.8. The van der Waals surface area contributed by atoms with E-state index in [1.165, 1.54) is 12.3 Å². The number of nitriles is 2. The fourth-order valence-corrected chi connectivity index (χ4v) is 1.91. The van der Waals surface area contributed by atoms with Crippen LogP contribution in [0.5, 0.6) is 0 Å². The predicted molar refractivity (Wildman–Crippen MR) is 78.6 cm³/mol. The summed E-state index contributed by atoms with van der Waals surface area (Å²) in [6.45, 7) is 0. The number of hydrogen-bond acceptors (Lipinski definition) is 8. The van der Waals surface area contributed by atoms with Crippen molar-refractivity contribution >= 4 is 16.7 Å². The monoisotopic (exact) mass is 305 g/mol. The molecule has 0 fully saturated rings. The molecule has 1 aromatic carbocycles. The van der Waals surface area contributed by atoms with Crippen molar-refractivity contribution in [2.24, 2.45) is 0 Å².